The Hall–Kier alpha value is -1.86. The molecule has 2 saturated heterocycles. The second-order valence-corrected chi connectivity index (χ2v) is 20.4. The zero-order chi connectivity index (χ0) is 33.7. The van der Waals surface area contributed by atoms with Gasteiger partial charge in [-0.05, 0) is 56.3 Å². The summed E-state index contributed by atoms with van der Waals surface area (Å²) in [6, 6.07) is 8.41. The van der Waals surface area contributed by atoms with Crippen LogP contribution >= 0.6 is 0 Å². The fourth-order valence-electron chi connectivity index (χ4n) is 7.79. The summed E-state index contributed by atoms with van der Waals surface area (Å²) in [7, 11) is -2.50. The van der Waals surface area contributed by atoms with E-state index in [1.807, 2.05) is 0 Å². The SMILES string of the molecule is CCOC(=O)C[C@@](O)(C(=O)O[C@H]1[C@@H]2OC3(CCCCC3)O[C@@H]2[C@H]2OC3(CCCCC3)O[C@H]2[C@@H]1O[Si](C)(C)C(C)(C)C)c1ccccc1. The van der Waals surface area contributed by atoms with Crippen molar-refractivity contribution in [1.82, 2.24) is 0 Å². The predicted octanol–water partition coefficient (Wildman–Crippen LogP) is 6.03. The molecule has 5 fully saturated rings. The average molecular weight is 675 g/mol. The number of esters is 2. The first-order chi connectivity index (χ1) is 22.2. The fourth-order valence-corrected chi connectivity index (χ4v) is 9.09. The Morgan fingerprint density at radius 1 is 0.809 bits per heavy atom. The quantitative estimate of drug-likeness (QED) is 0.259. The summed E-state index contributed by atoms with van der Waals surface area (Å²) in [6.07, 6.45) is 4.47. The maximum atomic E-state index is 14.4. The first-order valence-electron chi connectivity index (χ1n) is 17.8. The molecule has 1 aromatic carbocycles. The molecule has 0 bridgehead atoms. The highest BCUT2D eigenvalue weighted by molar-refractivity contribution is 6.74. The molecule has 6 rings (SSSR count). The summed E-state index contributed by atoms with van der Waals surface area (Å²) >= 11 is 0. The van der Waals surface area contributed by atoms with Crippen molar-refractivity contribution in [3.05, 3.63) is 35.9 Å². The first kappa shape index (κ1) is 35.0. The minimum Gasteiger partial charge on any atom is -0.466 e. The van der Waals surface area contributed by atoms with Crippen molar-refractivity contribution in [2.45, 2.75) is 170 Å². The van der Waals surface area contributed by atoms with Gasteiger partial charge in [-0.25, -0.2) is 4.79 Å². The normalized spacial score (nSPS) is 32.7. The van der Waals surface area contributed by atoms with Gasteiger partial charge < -0.3 is 38.0 Å². The summed E-state index contributed by atoms with van der Waals surface area (Å²) in [6.45, 7) is 12.6. The molecule has 2 spiro atoms. The molecular formula is C36H54O10Si. The second-order valence-electron chi connectivity index (χ2n) is 15.7. The minimum absolute atomic E-state index is 0.114. The molecule has 10 nitrogen and oxygen atoms in total. The van der Waals surface area contributed by atoms with E-state index in [1.54, 1.807) is 37.3 Å². The Balaban J connectivity index is 1.41. The van der Waals surface area contributed by atoms with Crippen molar-refractivity contribution in [1.29, 1.82) is 0 Å². The Labute approximate surface area is 280 Å². The van der Waals surface area contributed by atoms with Crippen LogP contribution in [0.3, 0.4) is 0 Å². The lowest BCUT2D eigenvalue weighted by atomic mass is 9.84. The summed E-state index contributed by atoms with van der Waals surface area (Å²) in [5.74, 6) is -3.25. The third-order valence-electron chi connectivity index (χ3n) is 11.4. The largest absolute Gasteiger partial charge is 0.466 e. The van der Waals surface area contributed by atoms with Crippen molar-refractivity contribution < 1.29 is 47.5 Å². The van der Waals surface area contributed by atoms with Crippen molar-refractivity contribution >= 4 is 20.3 Å². The average Bonchev–Trinajstić information content (AvgIpc) is 3.57. The van der Waals surface area contributed by atoms with Gasteiger partial charge in [0.1, 0.15) is 30.5 Å². The van der Waals surface area contributed by atoms with Crippen LogP contribution in [0.25, 0.3) is 0 Å². The van der Waals surface area contributed by atoms with Gasteiger partial charge >= 0.3 is 11.9 Å². The van der Waals surface area contributed by atoms with E-state index >= 15 is 0 Å². The highest BCUT2D eigenvalue weighted by Gasteiger charge is 2.68. The number of aliphatic hydroxyl groups is 1. The smallest absolute Gasteiger partial charge is 0.343 e. The van der Waals surface area contributed by atoms with E-state index < -0.39 is 80.5 Å². The van der Waals surface area contributed by atoms with Crippen LogP contribution in [0.5, 0.6) is 0 Å². The van der Waals surface area contributed by atoms with Crippen molar-refractivity contribution in [3.63, 3.8) is 0 Å². The molecule has 2 heterocycles. The van der Waals surface area contributed by atoms with E-state index in [9.17, 15) is 14.7 Å². The fraction of sp³-hybridized carbons (Fsp3) is 0.778. The summed E-state index contributed by atoms with van der Waals surface area (Å²) in [5, 5.41) is 11.9. The Kier molecular flexibility index (Phi) is 9.76. The molecule has 0 radical (unpaired) electrons. The lowest BCUT2D eigenvalue weighted by molar-refractivity contribution is -0.228. The van der Waals surface area contributed by atoms with Gasteiger partial charge in [-0.15, -0.1) is 0 Å². The van der Waals surface area contributed by atoms with Crippen LogP contribution in [0.1, 0.15) is 104 Å². The number of hydrogen-bond donors (Lipinski definition) is 1. The minimum atomic E-state index is -2.50. The van der Waals surface area contributed by atoms with Gasteiger partial charge in [0, 0.05) is 25.7 Å². The zero-order valence-electron chi connectivity index (χ0n) is 29.0. The molecular weight excluding hydrogens is 620 g/mol. The maximum Gasteiger partial charge on any atom is 0.343 e. The van der Waals surface area contributed by atoms with E-state index in [-0.39, 0.29) is 17.2 Å². The van der Waals surface area contributed by atoms with E-state index in [0.29, 0.717) is 0 Å². The molecule has 5 aliphatic rings. The number of ether oxygens (including phenoxy) is 6. The Bertz CT molecular complexity index is 1270. The number of fused-ring (bicyclic) bond motifs is 3. The number of benzene rings is 1. The van der Waals surface area contributed by atoms with E-state index in [1.165, 1.54) is 0 Å². The molecule has 1 N–H and O–H groups in total. The topological polar surface area (TPSA) is 119 Å². The van der Waals surface area contributed by atoms with Gasteiger partial charge in [0.25, 0.3) is 0 Å². The van der Waals surface area contributed by atoms with Crippen LogP contribution in [0.4, 0.5) is 0 Å². The van der Waals surface area contributed by atoms with Gasteiger partial charge in [0.15, 0.2) is 31.6 Å². The van der Waals surface area contributed by atoms with E-state index in [4.69, 9.17) is 32.8 Å². The van der Waals surface area contributed by atoms with E-state index in [0.717, 1.165) is 64.2 Å². The molecule has 47 heavy (non-hydrogen) atoms. The predicted molar refractivity (Wildman–Crippen MR) is 175 cm³/mol. The molecule has 0 unspecified atom stereocenters. The first-order valence-corrected chi connectivity index (χ1v) is 20.7. The number of carbonyl (C=O) groups excluding carboxylic acids is 2. The van der Waals surface area contributed by atoms with Crippen molar-refractivity contribution in [3.8, 4) is 0 Å². The van der Waals surface area contributed by atoms with Crippen LogP contribution in [0, 0.1) is 0 Å². The highest BCUT2D eigenvalue weighted by Crippen LogP contribution is 2.54. The summed E-state index contributed by atoms with van der Waals surface area (Å²) < 4.78 is 46.4. The zero-order valence-corrected chi connectivity index (χ0v) is 30.0. The number of hydrogen-bond acceptors (Lipinski definition) is 10. The summed E-state index contributed by atoms with van der Waals surface area (Å²) in [5.41, 5.74) is -2.07. The maximum absolute atomic E-state index is 14.4. The molecule has 1 aromatic rings. The Morgan fingerprint density at radius 3 is 1.79 bits per heavy atom. The molecule has 2 aliphatic heterocycles. The van der Waals surface area contributed by atoms with Crippen LogP contribution in [0.15, 0.2) is 30.3 Å². The van der Waals surface area contributed by atoms with Crippen molar-refractivity contribution in [2.24, 2.45) is 0 Å². The third kappa shape index (κ3) is 6.70. The Morgan fingerprint density at radius 2 is 1.30 bits per heavy atom. The number of carbonyl (C=O) groups is 2. The molecule has 3 aliphatic carbocycles. The van der Waals surface area contributed by atoms with Gasteiger partial charge in [-0.2, -0.15) is 0 Å². The van der Waals surface area contributed by atoms with Gasteiger partial charge in [0.2, 0.25) is 0 Å². The van der Waals surface area contributed by atoms with Gasteiger partial charge in [0.05, 0.1) is 13.0 Å². The lowest BCUT2D eigenvalue weighted by Crippen LogP contribution is -2.66. The molecule has 262 valence electrons. The lowest BCUT2D eigenvalue weighted by Gasteiger charge is -2.48. The molecule has 0 aromatic heterocycles. The van der Waals surface area contributed by atoms with Crippen LogP contribution in [-0.2, 0) is 48.0 Å². The standard InChI is InChI=1S/C36H54O10Si/c1-7-40-25(37)23-36(39,24-17-11-8-12-18-24)32(38)41-26-27-28(43-34(42-27)19-13-9-14-20-34)29-30(31(26)46-47(5,6)33(2,3)4)45-35(44-29)21-15-10-16-22-35/h8,11-12,17-18,26-31,39H,7,9-10,13-16,19-23H2,1-6H3/t26-,27-,28-,29+,30+,31+,36-/m0/s1. The van der Waals surface area contributed by atoms with Crippen LogP contribution in [-0.4, -0.2) is 80.2 Å². The van der Waals surface area contributed by atoms with Crippen LogP contribution in [0.2, 0.25) is 18.1 Å². The van der Waals surface area contributed by atoms with Gasteiger partial charge in [-0.1, -0.05) is 63.9 Å². The van der Waals surface area contributed by atoms with Crippen LogP contribution < -0.4 is 0 Å². The molecule has 11 heteroatoms. The van der Waals surface area contributed by atoms with E-state index in [2.05, 4.69) is 33.9 Å². The number of rotatable bonds is 8. The monoisotopic (exact) mass is 674 g/mol. The third-order valence-corrected chi connectivity index (χ3v) is 15.8. The van der Waals surface area contributed by atoms with Gasteiger partial charge in [-0.3, -0.25) is 4.79 Å². The molecule has 7 atom stereocenters. The van der Waals surface area contributed by atoms with Crippen molar-refractivity contribution in [2.75, 3.05) is 6.61 Å². The highest BCUT2D eigenvalue weighted by atomic mass is 28.4. The molecule has 0 amide bonds. The second kappa shape index (κ2) is 13.1. The summed E-state index contributed by atoms with van der Waals surface area (Å²) in [4.78, 5) is 27.2. The molecule has 3 saturated carbocycles.